The standard InChI is InChI=1S/C58H52N3O2.Pt/c1-57(2,3)42-34-48(53-51(35-42)61(55(60-53)47-19-10-12-21-52(47)62)50-20-11-9-18-43(50)37-14-7-6-8-15-37)39-16-13-17-41(33-39)49-27-26-46-45-25-23-40-32-38(36-28-30-58(4,5)31-29-36)22-24-44(40)54(45)63-56(46)59-49;/h6-27,32,34-36,46,56,62H,28-31H2,1-5H3;/q-1;. The van der Waals surface area contributed by atoms with Gasteiger partial charge in [-0.2, -0.15) is 0 Å². The molecule has 3 heterocycles. The Morgan fingerprint density at radius 1 is 0.750 bits per heavy atom. The molecule has 1 aliphatic carbocycles. The number of nitrogens with zero attached hydrogens (tertiary/aromatic N) is 3. The largest absolute Gasteiger partial charge is 0.507 e. The van der Waals surface area contributed by atoms with E-state index < -0.39 is 0 Å². The number of dihydropyridines is 1. The van der Waals surface area contributed by atoms with Gasteiger partial charge < -0.3 is 9.84 Å². The Morgan fingerprint density at radius 2 is 1.48 bits per heavy atom. The summed E-state index contributed by atoms with van der Waals surface area (Å²) >= 11 is 0. The second-order valence-electron chi connectivity index (χ2n) is 19.6. The minimum Gasteiger partial charge on any atom is -0.507 e. The Labute approximate surface area is 390 Å². The molecule has 0 radical (unpaired) electrons. The molecule has 2 atom stereocenters. The predicted octanol–water partition coefficient (Wildman–Crippen LogP) is 14.5. The van der Waals surface area contributed by atoms with E-state index in [1.54, 1.807) is 6.07 Å². The van der Waals surface area contributed by atoms with E-state index in [0.717, 1.165) is 61.4 Å². The van der Waals surface area contributed by atoms with Gasteiger partial charge in [-0.25, -0.2) is 4.98 Å². The Morgan fingerprint density at radius 3 is 2.27 bits per heavy atom. The van der Waals surface area contributed by atoms with Crippen LogP contribution in [0, 0.1) is 11.5 Å². The van der Waals surface area contributed by atoms with Crippen LogP contribution in [0.15, 0.2) is 157 Å². The smallest absolute Gasteiger partial charge is 0.193 e. The van der Waals surface area contributed by atoms with Gasteiger partial charge in [0, 0.05) is 43.3 Å². The zero-order chi connectivity index (χ0) is 43.0. The Bertz CT molecular complexity index is 3140. The number of hydrogen-bond donors (Lipinski definition) is 1. The normalized spacial score (nSPS) is 18.0. The van der Waals surface area contributed by atoms with Crippen LogP contribution in [0.25, 0.3) is 61.1 Å². The predicted molar refractivity (Wildman–Crippen MR) is 258 cm³/mol. The maximum Gasteiger partial charge on any atom is 0.193 e. The van der Waals surface area contributed by atoms with Crippen molar-refractivity contribution < 1.29 is 30.9 Å². The number of phenolic OH excluding ortho intramolecular Hbond substituents is 1. The first kappa shape index (κ1) is 41.9. The van der Waals surface area contributed by atoms with Gasteiger partial charge in [0.1, 0.15) is 17.3 Å². The van der Waals surface area contributed by atoms with Crippen molar-refractivity contribution in [1.29, 1.82) is 0 Å². The van der Waals surface area contributed by atoms with Gasteiger partial charge in [-0.05, 0) is 88.8 Å². The topological polar surface area (TPSA) is 59.6 Å². The van der Waals surface area contributed by atoms with E-state index in [-0.39, 0.29) is 44.4 Å². The quantitative estimate of drug-likeness (QED) is 0.169. The van der Waals surface area contributed by atoms with Gasteiger partial charge in [-0.1, -0.05) is 155 Å². The number of imidazole rings is 1. The summed E-state index contributed by atoms with van der Waals surface area (Å²) in [4.78, 5) is 10.7. The number of benzene rings is 7. The first-order valence-corrected chi connectivity index (χ1v) is 22.5. The molecule has 0 saturated heterocycles. The number of phenols is 1. The summed E-state index contributed by atoms with van der Waals surface area (Å²) in [6.07, 6.45) is 9.11. The molecule has 3 aliphatic rings. The molecular weight excluding hydrogens is 966 g/mol. The number of aromatic nitrogens is 2. The molecule has 1 fully saturated rings. The van der Waals surface area contributed by atoms with Crippen molar-refractivity contribution in [3.8, 4) is 50.8 Å². The van der Waals surface area contributed by atoms with Crippen molar-refractivity contribution >= 4 is 27.5 Å². The minimum atomic E-state index is -0.347. The number of aromatic hydroxyl groups is 1. The van der Waals surface area contributed by atoms with Gasteiger partial charge in [0.15, 0.2) is 6.23 Å². The van der Waals surface area contributed by atoms with Gasteiger partial charge in [0.25, 0.3) is 0 Å². The third kappa shape index (κ3) is 7.42. The number of ether oxygens (including phenoxy) is 1. The summed E-state index contributed by atoms with van der Waals surface area (Å²) < 4.78 is 9.00. The Hall–Kier alpha value is -6.03. The summed E-state index contributed by atoms with van der Waals surface area (Å²) in [5.74, 6) is 2.47. The molecule has 1 saturated carbocycles. The van der Waals surface area contributed by atoms with Crippen LogP contribution in [0.4, 0.5) is 0 Å². The fourth-order valence-corrected chi connectivity index (χ4v) is 10.1. The third-order valence-electron chi connectivity index (χ3n) is 13.8. The molecule has 1 aromatic heterocycles. The van der Waals surface area contributed by atoms with Crippen LogP contribution in [0.1, 0.15) is 94.4 Å². The summed E-state index contributed by atoms with van der Waals surface area (Å²) in [5, 5.41) is 13.8. The first-order chi connectivity index (χ1) is 30.5. The summed E-state index contributed by atoms with van der Waals surface area (Å²) in [6.45, 7) is 11.6. The van der Waals surface area contributed by atoms with E-state index in [4.69, 9.17) is 14.7 Å². The zero-order valence-corrected chi connectivity index (χ0v) is 39.3. The van der Waals surface area contributed by atoms with Crippen molar-refractivity contribution in [3.05, 3.63) is 180 Å². The minimum absolute atomic E-state index is 0. The molecule has 2 unspecified atom stereocenters. The van der Waals surface area contributed by atoms with Crippen LogP contribution in [0.2, 0.25) is 0 Å². The summed E-state index contributed by atoms with van der Waals surface area (Å²) in [7, 11) is 0. The van der Waals surface area contributed by atoms with Crippen LogP contribution in [-0.2, 0) is 26.5 Å². The van der Waals surface area contributed by atoms with Crippen molar-refractivity contribution in [2.24, 2.45) is 10.4 Å². The number of hydrogen-bond acceptors (Lipinski definition) is 4. The van der Waals surface area contributed by atoms with Crippen molar-refractivity contribution in [2.75, 3.05) is 0 Å². The summed E-state index contributed by atoms with van der Waals surface area (Å²) in [6, 6.07) is 52.6. The monoisotopic (exact) mass is 1020 g/mol. The van der Waals surface area contributed by atoms with E-state index in [2.05, 4.69) is 167 Å². The van der Waals surface area contributed by atoms with Crippen molar-refractivity contribution in [2.45, 2.75) is 83.8 Å². The fourth-order valence-electron chi connectivity index (χ4n) is 10.1. The molecule has 322 valence electrons. The van der Waals surface area contributed by atoms with Crippen LogP contribution in [-0.4, -0.2) is 26.6 Å². The van der Waals surface area contributed by atoms with Gasteiger partial charge >= 0.3 is 0 Å². The fraction of sp³-hybridized carbons (Fsp3) is 0.241. The second-order valence-corrected chi connectivity index (χ2v) is 19.6. The van der Waals surface area contributed by atoms with Crippen LogP contribution < -0.4 is 4.74 Å². The summed E-state index contributed by atoms with van der Waals surface area (Å²) in [5.41, 5.74) is 13.3. The van der Waals surface area contributed by atoms with E-state index >= 15 is 0 Å². The van der Waals surface area contributed by atoms with Gasteiger partial charge in [-0.15, -0.1) is 29.8 Å². The molecule has 0 bridgehead atoms. The van der Waals surface area contributed by atoms with Crippen LogP contribution in [0.5, 0.6) is 11.5 Å². The van der Waals surface area contributed by atoms with Gasteiger partial charge in [-0.3, -0.25) is 9.56 Å². The molecule has 5 nitrogen and oxygen atoms in total. The van der Waals surface area contributed by atoms with E-state index in [9.17, 15) is 5.11 Å². The van der Waals surface area contributed by atoms with Gasteiger partial charge in [0.05, 0.1) is 28.2 Å². The first-order valence-electron chi connectivity index (χ1n) is 22.5. The SMILES string of the molecule is CC1(C)CCC(c2ccc3c4c(ccc3c2)C2C=CC(c3[c-]c(-c5cc(C(C)(C)C)cc6c5nc(-c5ccccc5O)n6-c5ccccc5-c5ccccc5)ccc3)=NC2O4)CC1.[Pt]. The van der Waals surface area contributed by atoms with Gasteiger partial charge in [0.2, 0.25) is 0 Å². The maximum atomic E-state index is 11.4. The molecule has 0 amide bonds. The molecular formula is C58H52N3O2Pt-. The third-order valence-corrected chi connectivity index (χ3v) is 13.8. The van der Waals surface area contributed by atoms with Crippen molar-refractivity contribution in [1.82, 2.24) is 9.55 Å². The average molecular weight is 1020 g/mol. The Balaban J connectivity index is 0.00000484. The molecule has 8 aromatic rings. The zero-order valence-electron chi connectivity index (χ0n) is 37.0. The molecule has 6 heteroatoms. The molecule has 2 aliphatic heterocycles. The average Bonchev–Trinajstić information content (AvgIpc) is 3.87. The number of aliphatic imine (C=N–C) groups is 1. The molecule has 1 N–H and O–H groups in total. The molecule has 7 aromatic carbocycles. The number of fused-ring (bicyclic) bond motifs is 6. The molecule has 11 rings (SSSR count). The van der Waals surface area contributed by atoms with Crippen LogP contribution in [0.3, 0.4) is 0 Å². The van der Waals surface area contributed by atoms with Crippen LogP contribution >= 0.6 is 0 Å². The number of allylic oxidation sites excluding steroid dienone is 1. The second kappa shape index (κ2) is 16.2. The van der Waals surface area contributed by atoms with Crippen molar-refractivity contribution in [3.63, 3.8) is 0 Å². The van der Waals surface area contributed by atoms with E-state index in [1.807, 2.05) is 24.3 Å². The number of rotatable bonds is 6. The Kier molecular flexibility index (Phi) is 10.6. The van der Waals surface area contributed by atoms with E-state index in [1.165, 1.54) is 47.8 Å². The molecule has 0 spiro atoms. The number of para-hydroxylation sites is 2. The van der Waals surface area contributed by atoms with E-state index in [0.29, 0.717) is 22.7 Å². The maximum absolute atomic E-state index is 11.4. The molecule has 64 heavy (non-hydrogen) atoms.